The smallest absolute Gasteiger partial charge is 0.224 e. The average molecular weight is 287 g/mol. The summed E-state index contributed by atoms with van der Waals surface area (Å²) in [6.07, 6.45) is 1.86. The van der Waals surface area contributed by atoms with E-state index < -0.39 is 0 Å². The van der Waals surface area contributed by atoms with Gasteiger partial charge in [-0.1, -0.05) is 41.0 Å². The Morgan fingerprint density at radius 2 is 1.94 bits per heavy atom. The lowest BCUT2D eigenvalue weighted by molar-refractivity contribution is 0.927. The molecule has 4 nitrogen and oxygen atoms in total. The first-order valence-electron chi connectivity index (χ1n) is 4.61. The van der Waals surface area contributed by atoms with Crippen LogP contribution >= 0.6 is 35.0 Å². The van der Waals surface area contributed by atoms with E-state index in [-0.39, 0.29) is 5.95 Å². The number of benzene rings is 1. The normalized spacial score (nSPS) is 10.5. The molecule has 88 valence electrons. The van der Waals surface area contributed by atoms with Crippen LogP contribution in [-0.4, -0.2) is 21.2 Å². The second-order valence-electron chi connectivity index (χ2n) is 3.11. The van der Waals surface area contributed by atoms with Gasteiger partial charge in [-0.15, -0.1) is 0 Å². The van der Waals surface area contributed by atoms with Crippen LogP contribution < -0.4 is 5.73 Å². The number of thioether (sulfide) groups is 1. The Bertz CT molecular complexity index is 562. The summed E-state index contributed by atoms with van der Waals surface area (Å²) in [5.74, 6) is 0.588. The van der Waals surface area contributed by atoms with Gasteiger partial charge in [-0.3, -0.25) is 0 Å². The molecule has 2 aromatic rings. The highest BCUT2D eigenvalue weighted by atomic mass is 35.5. The van der Waals surface area contributed by atoms with E-state index in [4.69, 9.17) is 28.9 Å². The van der Waals surface area contributed by atoms with Crippen molar-refractivity contribution in [2.75, 3.05) is 12.0 Å². The molecule has 0 saturated heterocycles. The molecule has 0 aliphatic carbocycles. The highest BCUT2D eigenvalue weighted by molar-refractivity contribution is 7.98. The molecular weight excluding hydrogens is 279 g/mol. The van der Waals surface area contributed by atoms with Crippen LogP contribution in [0.25, 0.3) is 11.4 Å². The van der Waals surface area contributed by atoms with Crippen molar-refractivity contribution in [3.8, 4) is 11.4 Å². The number of anilines is 1. The number of rotatable bonds is 2. The van der Waals surface area contributed by atoms with E-state index >= 15 is 0 Å². The first-order chi connectivity index (χ1) is 8.11. The molecule has 0 radical (unpaired) electrons. The van der Waals surface area contributed by atoms with Gasteiger partial charge in [0.25, 0.3) is 0 Å². The quantitative estimate of drug-likeness (QED) is 0.859. The van der Waals surface area contributed by atoms with Crippen molar-refractivity contribution in [3.05, 3.63) is 28.2 Å². The van der Waals surface area contributed by atoms with Crippen molar-refractivity contribution in [3.63, 3.8) is 0 Å². The molecule has 2 N–H and O–H groups in total. The van der Waals surface area contributed by atoms with Gasteiger partial charge in [0, 0.05) is 5.56 Å². The summed E-state index contributed by atoms with van der Waals surface area (Å²) < 4.78 is 0. The Balaban J connectivity index is 2.60. The Kier molecular flexibility index (Phi) is 3.71. The lowest BCUT2D eigenvalue weighted by Crippen LogP contribution is -2.01. The molecule has 1 heterocycles. The predicted molar refractivity (Wildman–Crippen MR) is 71.5 cm³/mol. The monoisotopic (exact) mass is 286 g/mol. The van der Waals surface area contributed by atoms with Gasteiger partial charge in [-0.25, -0.2) is 4.98 Å². The minimum atomic E-state index is 0.162. The number of aromatic nitrogens is 3. The van der Waals surface area contributed by atoms with Gasteiger partial charge in [0.15, 0.2) is 11.0 Å². The molecule has 1 aromatic heterocycles. The average Bonchev–Trinajstić information content (AvgIpc) is 2.31. The molecule has 0 aliphatic heterocycles. The molecule has 0 fully saturated rings. The molecule has 7 heteroatoms. The van der Waals surface area contributed by atoms with Crippen molar-refractivity contribution in [1.82, 2.24) is 15.0 Å². The van der Waals surface area contributed by atoms with Gasteiger partial charge in [0.1, 0.15) is 0 Å². The largest absolute Gasteiger partial charge is 0.368 e. The van der Waals surface area contributed by atoms with Crippen molar-refractivity contribution >= 4 is 40.9 Å². The standard InChI is InChI=1S/C10H8Cl2N4S/c1-17-10-15-8(14-9(13)16-10)5-3-2-4-6(11)7(5)12/h2-4H,1H3,(H2,13,14,15,16). The lowest BCUT2D eigenvalue weighted by Gasteiger charge is -2.05. The first kappa shape index (κ1) is 12.4. The van der Waals surface area contributed by atoms with Gasteiger partial charge >= 0.3 is 0 Å². The third kappa shape index (κ3) is 2.62. The van der Waals surface area contributed by atoms with Gasteiger partial charge in [0.05, 0.1) is 10.0 Å². The van der Waals surface area contributed by atoms with Gasteiger partial charge in [0.2, 0.25) is 5.95 Å². The highest BCUT2D eigenvalue weighted by Gasteiger charge is 2.11. The molecule has 0 aliphatic rings. The fourth-order valence-electron chi connectivity index (χ4n) is 1.26. The van der Waals surface area contributed by atoms with E-state index in [1.807, 2.05) is 6.26 Å². The zero-order valence-electron chi connectivity index (χ0n) is 8.82. The minimum absolute atomic E-state index is 0.162. The van der Waals surface area contributed by atoms with Crippen molar-refractivity contribution in [2.24, 2.45) is 0 Å². The molecule has 0 bridgehead atoms. The third-order valence-corrected chi connectivity index (χ3v) is 3.37. The summed E-state index contributed by atoms with van der Waals surface area (Å²) in [6, 6.07) is 5.27. The number of nitrogen functional groups attached to an aromatic ring is 1. The second-order valence-corrected chi connectivity index (χ2v) is 4.66. The van der Waals surface area contributed by atoms with Crippen LogP contribution in [0.15, 0.2) is 23.4 Å². The molecule has 2 rings (SSSR count). The summed E-state index contributed by atoms with van der Waals surface area (Å²) in [4.78, 5) is 12.3. The number of hydrogen-bond acceptors (Lipinski definition) is 5. The molecule has 0 amide bonds. The Morgan fingerprint density at radius 1 is 1.18 bits per heavy atom. The summed E-state index contributed by atoms with van der Waals surface area (Å²) >= 11 is 13.4. The van der Waals surface area contributed by atoms with Crippen LogP contribution in [-0.2, 0) is 0 Å². The van der Waals surface area contributed by atoms with E-state index in [0.717, 1.165) is 0 Å². The van der Waals surface area contributed by atoms with Crippen LogP contribution in [0, 0.1) is 0 Å². The molecule has 1 aromatic carbocycles. The van der Waals surface area contributed by atoms with Crippen molar-refractivity contribution in [1.29, 1.82) is 0 Å². The summed E-state index contributed by atoms with van der Waals surface area (Å²) in [5, 5.41) is 1.41. The van der Waals surface area contributed by atoms with E-state index in [2.05, 4.69) is 15.0 Å². The molecular formula is C10H8Cl2N4S. The van der Waals surface area contributed by atoms with Crippen molar-refractivity contribution in [2.45, 2.75) is 5.16 Å². The van der Waals surface area contributed by atoms with Crippen LogP contribution in [0.2, 0.25) is 10.0 Å². The maximum atomic E-state index is 6.10. The summed E-state index contributed by atoms with van der Waals surface area (Å²) in [5.41, 5.74) is 6.25. The van der Waals surface area contributed by atoms with Crippen LogP contribution in [0.5, 0.6) is 0 Å². The maximum absolute atomic E-state index is 6.10. The zero-order chi connectivity index (χ0) is 12.4. The van der Waals surface area contributed by atoms with Crippen LogP contribution in [0.3, 0.4) is 0 Å². The lowest BCUT2D eigenvalue weighted by atomic mass is 10.2. The number of nitrogens with two attached hydrogens (primary N) is 1. The molecule has 17 heavy (non-hydrogen) atoms. The van der Waals surface area contributed by atoms with Crippen LogP contribution in [0.1, 0.15) is 0 Å². The Labute approximate surface area is 113 Å². The number of hydrogen-bond donors (Lipinski definition) is 1. The molecule has 0 saturated carbocycles. The predicted octanol–water partition coefficient (Wildman–Crippen LogP) is 3.15. The topological polar surface area (TPSA) is 64.7 Å². The molecule has 0 atom stereocenters. The summed E-state index contributed by atoms with van der Waals surface area (Å²) in [6.45, 7) is 0. The highest BCUT2D eigenvalue weighted by Crippen LogP contribution is 2.32. The van der Waals surface area contributed by atoms with Gasteiger partial charge < -0.3 is 5.73 Å². The zero-order valence-corrected chi connectivity index (χ0v) is 11.1. The van der Waals surface area contributed by atoms with Gasteiger partial charge in [-0.05, 0) is 18.4 Å². The second kappa shape index (κ2) is 5.08. The van der Waals surface area contributed by atoms with E-state index in [1.165, 1.54) is 11.8 Å². The number of halogens is 2. The number of nitrogens with zero attached hydrogens (tertiary/aromatic N) is 3. The fraction of sp³-hybridized carbons (Fsp3) is 0.100. The van der Waals surface area contributed by atoms with E-state index in [1.54, 1.807) is 18.2 Å². The molecule has 0 unspecified atom stereocenters. The summed E-state index contributed by atoms with van der Waals surface area (Å²) in [7, 11) is 0. The van der Waals surface area contributed by atoms with Gasteiger partial charge in [-0.2, -0.15) is 9.97 Å². The Morgan fingerprint density at radius 3 is 2.65 bits per heavy atom. The fourth-order valence-corrected chi connectivity index (χ4v) is 2.01. The minimum Gasteiger partial charge on any atom is -0.368 e. The Hall–Kier alpha value is -1.04. The van der Waals surface area contributed by atoms with E-state index in [0.29, 0.717) is 26.6 Å². The maximum Gasteiger partial charge on any atom is 0.224 e. The van der Waals surface area contributed by atoms with E-state index in [9.17, 15) is 0 Å². The SMILES string of the molecule is CSc1nc(N)nc(-c2cccc(Cl)c2Cl)n1. The molecule has 0 spiro atoms. The third-order valence-electron chi connectivity index (χ3n) is 2.01. The van der Waals surface area contributed by atoms with Crippen molar-refractivity contribution < 1.29 is 0 Å². The first-order valence-corrected chi connectivity index (χ1v) is 6.60. The van der Waals surface area contributed by atoms with Crippen LogP contribution in [0.4, 0.5) is 5.95 Å².